The summed E-state index contributed by atoms with van der Waals surface area (Å²) in [6.07, 6.45) is 1.50. The van der Waals surface area contributed by atoms with Crippen LogP contribution in [-0.4, -0.2) is 29.7 Å². The van der Waals surface area contributed by atoms with E-state index < -0.39 is 11.8 Å². The predicted molar refractivity (Wildman–Crippen MR) is 124 cm³/mol. The third-order valence-electron chi connectivity index (χ3n) is 4.81. The van der Waals surface area contributed by atoms with Crippen LogP contribution < -0.4 is 16.0 Å². The van der Waals surface area contributed by atoms with Crippen LogP contribution in [0.3, 0.4) is 0 Å². The minimum atomic E-state index is -0.660. The number of halogens is 1. The van der Waals surface area contributed by atoms with Crippen molar-refractivity contribution in [3.63, 3.8) is 0 Å². The first-order valence-corrected chi connectivity index (χ1v) is 9.82. The monoisotopic (exact) mass is 435 g/mol. The summed E-state index contributed by atoms with van der Waals surface area (Å²) in [4.78, 5) is 31.1. The summed E-state index contributed by atoms with van der Waals surface area (Å²) < 4.78 is 0. The van der Waals surface area contributed by atoms with E-state index in [-0.39, 0.29) is 11.3 Å². The molecule has 0 bridgehead atoms. The molecular formula is C23H22ClN5O2. The third kappa shape index (κ3) is 4.90. The maximum Gasteiger partial charge on any atom is 0.255 e. The van der Waals surface area contributed by atoms with Gasteiger partial charge in [0.15, 0.2) is 0 Å². The second kappa shape index (κ2) is 8.97. The number of carbonyl (C=O) groups is 2. The van der Waals surface area contributed by atoms with Crippen molar-refractivity contribution in [3.8, 4) is 11.3 Å². The van der Waals surface area contributed by atoms with Gasteiger partial charge in [-0.25, -0.2) is 0 Å². The van der Waals surface area contributed by atoms with Crippen molar-refractivity contribution in [1.29, 1.82) is 5.41 Å². The molecule has 0 aliphatic carbocycles. The number of hydrogen-bond acceptors (Lipinski definition) is 4. The number of anilines is 2. The van der Waals surface area contributed by atoms with Crippen molar-refractivity contribution in [3.05, 3.63) is 76.4 Å². The van der Waals surface area contributed by atoms with Crippen LogP contribution in [0.1, 0.15) is 33.2 Å². The number of primary amides is 1. The quantitative estimate of drug-likeness (QED) is 0.404. The van der Waals surface area contributed by atoms with Gasteiger partial charge < -0.3 is 16.0 Å². The van der Waals surface area contributed by atoms with Crippen LogP contribution in [0.4, 0.5) is 11.4 Å². The fourth-order valence-corrected chi connectivity index (χ4v) is 3.18. The fourth-order valence-electron chi connectivity index (χ4n) is 3.07. The zero-order chi connectivity index (χ0) is 22.7. The molecule has 7 nitrogen and oxygen atoms in total. The minimum absolute atomic E-state index is 0.191. The predicted octanol–water partition coefficient (Wildman–Crippen LogP) is 4.49. The highest BCUT2D eigenvalue weighted by molar-refractivity contribution is 6.30. The lowest BCUT2D eigenvalue weighted by Gasteiger charge is -2.18. The molecule has 1 heterocycles. The Bertz CT molecular complexity index is 1160. The van der Waals surface area contributed by atoms with Gasteiger partial charge >= 0.3 is 0 Å². The lowest BCUT2D eigenvalue weighted by molar-refractivity contribution is 0.100. The van der Waals surface area contributed by atoms with Crippen LogP contribution in [-0.2, 0) is 0 Å². The summed E-state index contributed by atoms with van der Waals surface area (Å²) in [5, 5.41) is 11.0. The second-order valence-corrected chi connectivity index (χ2v) is 7.54. The number of amides is 2. The van der Waals surface area contributed by atoms with Crippen molar-refractivity contribution in [2.45, 2.75) is 13.8 Å². The molecule has 2 amide bonds. The van der Waals surface area contributed by atoms with Crippen molar-refractivity contribution in [2.24, 2.45) is 5.73 Å². The van der Waals surface area contributed by atoms with E-state index in [2.05, 4.69) is 10.3 Å². The lowest BCUT2D eigenvalue weighted by atomic mass is 9.99. The van der Waals surface area contributed by atoms with E-state index in [0.29, 0.717) is 27.7 Å². The number of aromatic nitrogens is 1. The summed E-state index contributed by atoms with van der Waals surface area (Å²) in [5.41, 5.74) is 9.15. The van der Waals surface area contributed by atoms with Crippen LogP contribution in [0.2, 0.25) is 5.02 Å². The van der Waals surface area contributed by atoms with E-state index >= 15 is 0 Å². The molecule has 0 aliphatic heterocycles. The molecule has 3 aromatic rings. The number of amidine groups is 1. The molecule has 0 radical (unpaired) electrons. The molecule has 158 valence electrons. The first kappa shape index (κ1) is 22.0. The molecule has 0 spiro atoms. The van der Waals surface area contributed by atoms with Gasteiger partial charge in [-0.1, -0.05) is 11.6 Å². The Balaban J connectivity index is 2.01. The Morgan fingerprint density at radius 1 is 1.13 bits per heavy atom. The number of pyridine rings is 1. The largest absolute Gasteiger partial charge is 0.366 e. The van der Waals surface area contributed by atoms with E-state index in [1.807, 2.05) is 13.0 Å². The molecule has 3 rings (SSSR count). The van der Waals surface area contributed by atoms with Crippen molar-refractivity contribution in [2.75, 3.05) is 17.3 Å². The number of aryl methyl sites for hydroxylation is 1. The normalized spacial score (nSPS) is 10.5. The molecule has 0 fully saturated rings. The highest BCUT2D eigenvalue weighted by Crippen LogP contribution is 2.32. The maximum atomic E-state index is 13.0. The molecule has 0 unspecified atom stereocenters. The average Bonchev–Trinajstić information content (AvgIpc) is 2.74. The fraction of sp³-hybridized carbons (Fsp3) is 0.130. The van der Waals surface area contributed by atoms with Crippen LogP contribution in [0, 0.1) is 12.3 Å². The Labute approximate surface area is 185 Å². The number of nitrogens with zero attached hydrogens (tertiary/aromatic N) is 2. The van der Waals surface area contributed by atoms with E-state index in [4.69, 9.17) is 22.7 Å². The van der Waals surface area contributed by atoms with E-state index in [1.54, 1.807) is 61.3 Å². The standard InChI is InChI=1S/C23H22ClN5O2/c1-13-10-18(20-9-6-16(24)12-27-20)21(19(11-13)22(26)30)28-23(31)15-4-7-17(8-5-15)29(3)14(2)25/h4-12,25H,1-3H3,(H2,26,30)(H,28,31). The first-order valence-electron chi connectivity index (χ1n) is 9.44. The zero-order valence-corrected chi connectivity index (χ0v) is 18.1. The van der Waals surface area contributed by atoms with Gasteiger partial charge in [-0.15, -0.1) is 0 Å². The van der Waals surface area contributed by atoms with E-state index in [1.165, 1.54) is 6.20 Å². The van der Waals surface area contributed by atoms with Gasteiger partial charge in [-0.05, 0) is 67.9 Å². The first-order chi connectivity index (χ1) is 14.7. The number of nitrogens with one attached hydrogen (secondary N) is 2. The van der Waals surface area contributed by atoms with Crippen molar-refractivity contribution < 1.29 is 9.59 Å². The molecule has 0 aliphatic rings. The van der Waals surface area contributed by atoms with Gasteiger partial charge in [-0.3, -0.25) is 20.0 Å². The van der Waals surface area contributed by atoms with Gasteiger partial charge in [0.2, 0.25) is 0 Å². The summed E-state index contributed by atoms with van der Waals surface area (Å²) in [7, 11) is 1.77. The summed E-state index contributed by atoms with van der Waals surface area (Å²) in [5.74, 6) is -0.682. The topological polar surface area (TPSA) is 112 Å². The summed E-state index contributed by atoms with van der Waals surface area (Å²) in [6, 6.07) is 13.7. The average molecular weight is 436 g/mol. The number of hydrogen-bond donors (Lipinski definition) is 3. The Morgan fingerprint density at radius 2 is 1.81 bits per heavy atom. The zero-order valence-electron chi connectivity index (χ0n) is 17.4. The van der Waals surface area contributed by atoms with E-state index in [9.17, 15) is 9.59 Å². The molecule has 0 saturated heterocycles. The van der Waals surface area contributed by atoms with Gasteiger partial charge in [0.25, 0.3) is 11.8 Å². The molecule has 2 aromatic carbocycles. The van der Waals surface area contributed by atoms with Gasteiger partial charge in [-0.2, -0.15) is 0 Å². The summed E-state index contributed by atoms with van der Waals surface area (Å²) in [6.45, 7) is 3.51. The van der Waals surface area contributed by atoms with Gasteiger partial charge in [0, 0.05) is 30.1 Å². The number of rotatable bonds is 5. The van der Waals surface area contributed by atoms with Crippen molar-refractivity contribution in [1.82, 2.24) is 4.98 Å². The molecular weight excluding hydrogens is 414 g/mol. The smallest absolute Gasteiger partial charge is 0.255 e. The Morgan fingerprint density at radius 3 is 2.35 bits per heavy atom. The number of benzene rings is 2. The van der Waals surface area contributed by atoms with Crippen LogP contribution in [0.15, 0.2) is 54.7 Å². The number of carbonyl (C=O) groups excluding carboxylic acids is 2. The van der Waals surface area contributed by atoms with Crippen LogP contribution in [0.5, 0.6) is 0 Å². The molecule has 8 heteroatoms. The highest BCUT2D eigenvalue weighted by atomic mass is 35.5. The molecule has 31 heavy (non-hydrogen) atoms. The van der Waals surface area contributed by atoms with E-state index in [0.717, 1.165) is 11.3 Å². The lowest BCUT2D eigenvalue weighted by Crippen LogP contribution is -2.22. The van der Waals surface area contributed by atoms with Crippen LogP contribution >= 0.6 is 11.6 Å². The second-order valence-electron chi connectivity index (χ2n) is 7.11. The van der Waals surface area contributed by atoms with Gasteiger partial charge in [0.05, 0.1) is 27.8 Å². The SMILES string of the molecule is CC(=N)N(C)c1ccc(C(=O)Nc2c(C(N)=O)cc(C)cc2-c2ccc(Cl)cn2)cc1. The molecule has 0 saturated carbocycles. The number of nitrogens with two attached hydrogens (primary N) is 1. The van der Waals surface area contributed by atoms with Crippen molar-refractivity contribution >= 4 is 40.6 Å². The van der Waals surface area contributed by atoms with Gasteiger partial charge in [0.1, 0.15) is 0 Å². The molecule has 4 N–H and O–H groups in total. The third-order valence-corrected chi connectivity index (χ3v) is 5.03. The molecule has 1 aromatic heterocycles. The highest BCUT2D eigenvalue weighted by Gasteiger charge is 2.19. The molecule has 0 atom stereocenters. The Hall–Kier alpha value is -3.71. The summed E-state index contributed by atoms with van der Waals surface area (Å²) >= 11 is 5.95. The Kier molecular flexibility index (Phi) is 6.36. The maximum absolute atomic E-state index is 13.0. The minimum Gasteiger partial charge on any atom is -0.366 e. The van der Waals surface area contributed by atoms with Crippen LogP contribution in [0.25, 0.3) is 11.3 Å².